The van der Waals surface area contributed by atoms with Crippen molar-refractivity contribution < 1.29 is 8.42 Å². The minimum Gasteiger partial charge on any atom is -0.207 e. The lowest BCUT2D eigenvalue weighted by molar-refractivity contribution is 0.413. The summed E-state index contributed by atoms with van der Waals surface area (Å²) < 4.78 is 26.5. The van der Waals surface area contributed by atoms with Crippen LogP contribution in [0, 0.1) is 6.92 Å². The van der Waals surface area contributed by atoms with Crippen molar-refractivity contribution in [1.29, 1.82) is 0 Å². The minimum absolute atomic E-state index is 0.0977. The lowest BCUT2D eigenvalue weighted by atomic mass is 10.2. The summed E-state index contributed by atoms with van der Waals surface area (Å²) in [6.45, 7) is 2.54. The number of halogens is 1. The zero-order valence-electron chi connectivity index (χ0n) is 9.77. The molecule has 0 aliphatic carbocycles. The van der Waals surface area contributed by atoms with Crippen LogP contribution in [0.5, 0.6) is 0 Å². The fourth-order valence-electron chi connectivity index (χ4n) is 2.19. The monoisotopic (exact) mass is 317 g/mol. The summed E-state index contributed by atoms with van der Waals surface area (Å²) in [6, 6.07) is 7.21. The maximum Gasteiger partial charge on any atom is 0.243 e. The first-order valence-electron chi connectivity index (χ1n) is 5.70. The molecule has 1 aromatic rings. The molecule has 1 fully saturated rings. The van der Waals surface area contributed by atoms with E-state index in [1.807, 2.05) is 13.0 Å². The summed E-state index contributed by atoms with van der Waals surface area (Å²) in [5.41, 5.74) is 0.973. The molecule has 0 bridgehead atoms. The normalized spacial score (nSPS) is 21.9. The van der Waals surface area contributed by atoms with Crippen molar-refractivity contribution in [1.82, 2.24) is 4.31 Å². The molecule has 3 nitrogen and oxygen atoms in total. The molecule has 1 atom stereocenters. The van der Waals surface area contributed by atoms with Crippen LogP contribution in [0.15, 0.2) is 29.2 Å². The van der Waals surface area contributed by atoms with Gasteiger partial charge in [-0.15, -0.1) is 0 Å². The zero-order valence-corrected chi connectivity index (χ0v) is 12.2. The van der Waals surface area contributed by atoms with Gasteiger partial charge >= 0.3 is 0 Å². The smallest absolute Gasteiger partial charge is 0.207 e. The standard InChI is InChI=1S/C12H16BrNO2S/c1-10-4-2-6-12(8-10)17(15,16)14-7-3-5-11(14)9-13/h2,4,6,8,11H,3,5,7,9H2,1H3. The number of hydrogen-bond acceptors (Lipinski definition) is 2. The highest BCUT2D eigenvalue weighted by atomic mass is 79.9. The van der Waals surface area contributed by atoms with Gasteiger partial charge in [0, 0.05) is 17.9 Å². The Bertz CT molecular complexity index is 501. The highest BCUT2D eigenvalue weighted by molar-refractivity contribution is 9.09. The van der Waals surface area contributed by atoms with Crippen molar-refractivity contribution in [3.05, 3.63) is 29.8 Å². The molecule has 17 heavy (non-hydrogen) atoms. The van der Waals surface area contributed by atoms with Crippen LogP contribution in [-0.2, 0) is 10.0 Å². The fraction of sp³-hybridized carbons (Fsp3) is 0.500. The highest BCUT2D eigenvalue weighted by Gasteiger charge is 2.34. The van der Waals surface area contributed by atoms with Crippen LogP contribution in [0.2, 0.25) is 0 Å². The van der Waals surface area contributed by atoms with Crippen molar-refractivity contribution in [2.24, 2.45) is 0 Å². The summed E-state index contributed by atoms with van der Waals surface area (Å²) in [5, 5.41) is 0.706. The predicted molar refractivity (Wildman–Crippen MR) is 71.9 cm³/mol. The first-order valence-corrected chi connectivity index (χ1v) is 8.26. The van der Waals surface area contributed by atoms with Crippen LogP contribution in [0.3, 0.4) is 0 Å². The maximum atomic E-state index is 12.5. The molecule has 2 rings (SSSR count). The first kappa shape index (κ1) is 13.1. The third-order valence-corrected chi connectivity index (χ3v) is 5.79. The lowest BCUT2D eigenvalue weighted by Gasteiger charge is -2.22. The number of nitrogens with zero attached hydrogens (tertiary/aromatic N) is 1. The van der Waals surface area contributed by atoms with Gasteiger partial charge in [-0.2, -0.15) is 4.31 Å². The van der Waals surface area contributed by atoms with Gasteiger partial charge in [-0.25, -0.2) is 8.42 Å². The van der Waals surface area contributed by atoms with E-state index in [1.54, 1.807) is 22.5 Å². The molecule has 1 aliphatic heterocycles. The summed E-state index contributed by atoms with van der Waals surface area (Å²) in [4.78, 5) is 0.408. The van der Waals surface area contributed by atoms with Gasteiger partial charge in [0.1, 0.15) is 0 Å². The quantitative estimate of drug-likeness (QED) is 0.803. The van der Waals surface area contributed by atoms with E-state index in [0.717, 1.165) is 18.4 Å². The number of sulfonamides is 1. The summed E-state index contributed by atoms with van der Waals surface area (Å²) in [5.74, 6) is 0. The molecule has 5 heteroatoms. The van der Waals surface area contributed by atoms with Gasteiger partial charge in [-0.3, -0.25) is 0 Å². The van der Waals surface area contributed by atoms with E-state index in [4.69, 9.17) is 0 Å². The van der Waals surface area contributed by atoms with Gasteiger partial charge in [0.05, 0.1) is 4.90 Å². The third kappa shape index (κ3) is 2.56. The minimum atomic E-state index is -3.32. The second-order valence-corrected chi connectivity index (χ2v) is 6.92. The number of benzene rings is 1. The average molecular weight is 318 g/mol. The molecule has 0 radical (unpaired) electrons. The van der Waals surface area contributed by atoms with Crippen LogP contribution in [0.1, 0.15) is 18.4 Å². The van der Waals surface area contributed by atoms with E-state index >= 15 is 0 Å². The van der Waals surface area contributed by atoms with Gasteiger partial charge in [0.25, 0.3) is 0 Å². The Kier molecular flexibility index (Phi) is 3.90. The van der Waals surface area contributed by atoms with Crippen molar-refractivity contribution in [3.8, 4) is 0 Å². The van der Waals surface area contributed by atoms with E-state index < -0.39 is 10.0 Å². The molecule has 1 aromatic carbocycles. The summed E-state index contributed by atoms with van der Waals surface area (Å²) in [7, 11) is -3.32. The Morgan fingerprint density at radius 3 is 2.88 bits per heavy atom. The van der Waals surface area contributed by atoms with Crippen molar-refractivity contribution in [2.45, 2.75) is 30.7 Å². The number of rotatable bonds is 3. The number of alkyl halides is 1. The van der Waals surface area contributed by atoms with E-state index in [0.29, 0.717) is 16.8 Å². The molecule has 1 saturated heterocycles. The Labute approximate surface area is 111 Å². The van der Waals surface area contributed by atoms with Crippen LogP contribution >= 0.6 is 15.9 Å². The molecule has 0 amide bonds. The van der Waals surface area contributed by atoms with Crippen LogP contribution in [0.4, 0.5) is 0 Å². The van der Waals surface area contributed by atoms with E-state index in [1.165, 1.54) is 0 Å². The van der Waals surface area contributed by atoms with Gasteiger partial charge < -0.3 is 0 Å². The fourth-order valence-corrected chi connectivity index (χ4v) is 4.85. The SMILES string of the molecule is Cc1cccc(S(=O)(=O)N2CCCC2CBr)c1. The Morgan fingerprint density at radius 1 is 1.47 bits per heavy atom. The predicted octanol–water partition coefficient (Wildman–Crippen LogP) is 2.54. The largest absolute Gasteiger partial charge is 0.243 e. The molecule has 1 aliphatic rings. The number of hydrogen-bond donors (Lipinski definition) is 0. The van der Waals surface area contributed by atoms with E-state index in [9.17, 15) is 8.42 Å². The molecule has 0 saturated carbocycles. The number of aryl methyl sites for hydroxylation is 1. The van der Waals surface area contributed by atoms with Gasteiger partial charge in [0.15, 0.2) is 0 Å². The van der Waals surface area contributed by atoms with Crippen molar-refractivity contribution in [2.75, 3.05) is 11.9 Å². The van der Waals surface area contributed by atoms with Crippen molar-refractivity contribution in [3.63, 3.8) is 0 Å². The van der Waals surface area contributed by atoms with Gasteiger partial charge in [-0.05, 0) is 37.5 Å². The highest BCUT2D eigenvalue weighted by Crippen LogP contribution is 2.27. The zero-order chi connectivity index (χ0) is 12.5. The second-order valence-electron chi connectivity index (χ2n) is 4.38. The summed E-state index contributed by atoms with van der Waals surface area (Å²) in [6.07, 6.45) is 1.89. The van der Waals surface area contributed by atoms with Crippen LogP contribution in [-0.4, -0.2) is 30.6 Å². The molecule has 0 N–H and O–H groups in total. The molecule has 1 unspecified atom stereocenters. The average Bonchev–Trinajstić information content (AvgIpc) is 2.77. The molecule has 94 valence electrons. The van der Waals surface area contributed by atoms with E-state index in [2.05, 4.69) is 15.9 Å². The Morgan fingerprint density at radius 2 is 2.24 bits per heavy atom. The molecule has 0 aromatic heterocycles. The van der Waals surface area contributed by atoms with Crippen molar-refractivity contribution >= 4 is 26.0 Å². The van der Waals surface area contributed by atoms with Crippen LogP contribution in [0.25, 0.3) is 0 Å². The second kappa shape index (κ2) is 5.08. The van der Waals surface area contributed by atoms with Crippen LogP contribution < -0.4 is 0 Å². The maximum absolute atomic E-state index is 12.5. The van der Waals surface area contributed by atoms with E-state index in [-0.39, 0.29) is 6.04 Å². The Balaban J connectivity index is 2.36. The topological polar surface area (TPSA) is 37.4 Å². The molecular weight excluding hydrogens is 302 g/mol. The lowest BCUT2D eigenvalue weighted by Crippen LogP contribution is -2.36. The molecular formula is C12H16BrNO2S. The van der Waals surface area contributed by atoms with Gasteiger partial charge in [-0.1, -0.05) is 28.1 Å². The molecule has 0 spiro atoms. The third-order valence-electron chi connectivity index (χ3n) is 3.10. The Hall–Kier alpha value is -0.390. The summed E-state index contributed by atoms with van der Waals surface area (Å²) >= 11 is 3.39. The first-order chi connectivity index (χ1) is 8.05. The van der Waals surface area contributed by atoms with Gasteiger partial charge in [0.2, 0.25) is 10.0 Å². The molecule has 1 heterocycles.